The molecular formula is C13H22N4O2S. The van der Waals surface area contributed by atoms with Crippen molar-refractivity contribution >= 4 is 28.2 Å². The molecule has 0 aliphatic carbocycles. The molecule has 0 atom stereocenters. The van der Waals surface area contributed by atoms with Crippen LogP contribution in [0.25, 0.3) is 0 Å². The van der Waals surface area contributed by atoms with Gasteiger partial charge in [-0.25, -0.2) is 4.98 Å². The van der Waals surface area contributed by atoms with E-state index in [1.165, 1.54) is 11.3 Å². The van der Waals surface area contributed by atoms with Crippen molar-refractivity contribution in [3.05, 3.63) is 17.5 Å². The number of rotatable bonds is 9. The van der Waals surface area contributed by atoms with Gasteiger partial charge in [-0.05, 0) is 6.42 Å². The molecule has 0 aliphatic rings. The summed E-state index contributed by atoms with van der Waals surface area (Å²) in [6.07, 6.45) is 2.60. The number of nitrogens with zero attached hydrogens (tertiary/aromatic N) is 2. The maximum atomic E-state index is 12.4. The van der Waals surface area contributed by atoms with Crippen LogP contribution in [0.2, 0.25) is 0 Å². The van der Waals surface area contributed by atoms with Crippen LogP contribution in [0.5, 0.6) is 0 Å². The summed E-state index contributed by atoms with van der Waals surface area (Å²) >= 11 is 1.27. The lowest BCUT2D eigenvalue weighted by atomic mass is 10.3. The van der Waals surface area contributed by atoms with Crippen molar-refractivity contribution in [2.75, 3.05) is 44.4 Å². The fourth-order valence-electron chi connectivity index (χ4n) is 1.67. The largest absolute Gasteiger partial charge is 0.383 e. The van der Waals surface area contributed by atoms with E-state index in [1.807, 2.05) is 6.92 Å². The average molecular weight is 298 g/mol. The number of aromatic nitrogens is 1. The van der Waals surface area contributed by atoms with Crippen LogP contribution in [0.1, 0.15) is 23.0 Å². The van der Waals surface area contributed by atoms with E-state index < -0.39 is 0 Å². The van der Waals surface area contributed by atoms with Gasteiger partial charge in [-0.15, -0.1) is 6.58 Å². The molecule has 0 aliphatic heterocycles. The molecule has 1 amide bonds. The molecule has 0 saturated carbocycles. The van der Waals surface area contributed by atoms with Gasteiger partial charge in [0.2, 0.25) is 0 Å². The second kappa shape index (κ2) is 8.55. The van der Waals surface area contributed by atoms with Crippen molar-refractivity contribution in [3.8, 4) is 0 Å². The van der Waals surface area contributed by atoms with Crippen molar-refractivity contribution in [2.24, 2.45) is 0 Å². The molecule has 0 fully saturated rings. The normalized spacial score (nSPS) is 10.3. The Kier molecular flexibility index (Phi) is 7.03. The Bertz CT molecular complexity index is 448. The standard InChI is InChI=1S/C13H22N4O2S/c1-4-7-17(8-5-2)12(18)10-11(14)16-13(20-10)15-6-9-19-3/h4H,1,5-9,14H2,2-3H3,(H,15,16). The highest BCUT2D eigenvalue weighted by atomic mass is 32.1. The predicted octanol–water partition coefficient (Wildman–Crippen LogP) is 1.82. The molecule has 1 aromatic rings. The number of thiazole rings is 1. The summed E-state index contributed by atoms with van der Waals surface area (Å²) in [6.45, 7) is 8.08. The molecule has 20 heavy (non-hydrogen) atoms. The quantitative estimate of drug-likeness (QED) is 0.537. The van der Waals surface area contributed by atoms with Crippen LogP contribution in [0.4, 0.5) is 10.9 Å². The van der Waals surface area contributed by atoms with E-state index in [9.17, 15) is 4.79 Å². The lowest BCUT2D eigenvalue weighted by molar-refractivity contribution is 0.0779. The number of nitrogens with one attached hydrogen (secondary N) is 1. The summed E-state index contributed by atoms with van der Waals surface area (Å²) in [6, 6.07) is 0. The molecule has 0 bridgehead atoms. The van der Waals surface area contributed by atoms with Gasteiger partial charge in [-0.3, -0.25) is 4.79 Å². The van der Waals surface area contributed by atoms with Gasteiger partial charge < -0.3 is 20.7 Å². The first kappa shape index (κ1) is 16.5. The van der Waals surface area contributed by atoms with Crippen LogP contribution in [0.3, 0.4) is 0 Å². The third-order valence-electron chi connectivity index (χ3n) is 2.56. The van der Waals surface area contributed by atoms with Crippen molar-refractivity contribution in [1.82, 2.24) is 9.88 Å². The van der Waals surface area contributed by atoms with Crippen molar-refractivity contribution < 1.29 is 9.53 Å². The minimum absolute atomic E-state index is 0.0958. The number of hydrogen-bond acceptors (Lipinski definition) is 6. The summed E-state index contributed by atoms with van der Waals surface area (Å²) in [5.41, 5.74) is 5.83. The highest BCUT2D eigenvalue weighted by Crippen LogP contribution is 2.26. The Labute approximate surface area is 123 Å². The molecule has 0 spiro atoms. The van der Waals surface area contributed by atoms with Crippen molar-refractivity contribution in [2.45, 2.75) is 13.3 Å². The van der Waals surface area contributed by atoms with Gasteiger partial charge >= 0.3 is 0 Å². The number of methoxy groups -OCH3 is 1. The van der Waals surface area contributed by atoms with E-state index in [2.05, 4.69) is 16.9 Å². The molecule has 112 valence electrons. The zero-order valence-corrected chi connectivity index (χ0v) is 12.8. The van der Waals surface area contributed by atoms with Gasteiger partial charge in [0.1, 0.15) is 10.7 Å². The Morgan fingerprint density at radius 1 is 1.65 bits per heavy atom. The molecule has 0 unspecified atom stereocenters. The molecular weight excluding hydrogens is 276 g/mol. The lowest BCUT2D eigenvalue weighted by Gasteiger charge is -2.19. The molecule has 1 heterocycles. The number of anilines is 2. The smallest absolute Gasteiger partial charge is 0.268 e. The average Bonchev–Trinajstić information content (AvgIpc) is 2.79. The number of amides is 1. The van der Waals surface area contributed by atoms with E-state index in [4.69, 9.17) is 10.5 Å². The second-order valence-corrected chi connectivity index (χ2v) is 5.19. The van der Waals surface area contributed by atoms with Crippen molar-refractivity contribution in [1.29, 1.82) is 0 Å². The van der Waals surface area contributed by atoms with Crippen LogP contribution >= 0.6 is 11.3 Å². The van der Waals surface area contributed by atoms with Crippen LogP contribution in [-0.2, 0) is 4.74 Å². The van der Waals surface area contributed by atoms with Gasteiger partial charge in [-0.2, -0.15) is 0 Å². The third-order valence-corrected chi connectivity index (χ3v) is 3.58. The van der Waals surface area contributed by atoms with Gasteiger partial charge in [0, 0.05) is 26.7 Å². The fraction of sp³-hybridized carbons (Fsp3) is 0.538. The Morgan fingerprint density at radius 3 is 3.00 bits per heavy atom. The zero-order valence-electron chi connectivity index (χ0n) is 12.0. The van der Waals surface area contributed by atoms with Gasteiger partial charge in [0.25, 0.3) is 5.91 Å². The number of nitrogens with two attached hydrogens (primary N) is 1. The summed E-state index contributed by atoms with van der Waals surface area (Å²) in [5, 5.41) is 3.71. The van der Waals surface area contributed by atoms with Gasteiger partial charge in [-0.1, -0.05) is 24.3 Å². The SMILES string of the molecule is C=CCN(CCC)C(=O)c1sc(NCCOC)nc1N. The molecule has 6 nitrogen and oxygen atoms in total. The summed E-state index contributed by atoms with van der Waals surface area (Å²) in [7, 11) is 1.63. The Balaban J connectivity index is 2.78. The summed E-state index contributed by atoms with van der Waals surface area (Å²) < 4.78 is 4.95. The number of carbonyl (C=O) groups excluding carboxylic acids is 1. The topological polar surface area (TPSA) is 80.5 Å². The minimum Gasteiger partial charge on any atom is -0.383 e. The third kappa shape index (κ3) is 4.50. The van der Waals surface area contributed by atoms with E-state index in [0.717, 1.165) is 6.42 Å². The second-order valence-electron chi connectivity index (χ2n) is 4.19. The maximum Gasteiger partial charge on any atom is 0.268 e. The van der Waals surface area contributed by atoms with E-state index >= 15 is 0 Å². The molecule has 1 aromatic heterocycles. The zero-order chi connectivity index (χ0) is 15.0. The fourth-order valence-corrected chi connectivity index (χ4v) is 2.54. The molecule has 0 aromatic carbocycles. The van der Waals surface area contributed by atoms with Crippen LogP contribution in [0.15, 0.2) is 12.7 Å². The van der Waals surface area contributed by atoms with Gasteiger partial charge in [0.15, 0.2) is 5.13 Å². The first-order valence-corrected chi connectivity index (χ1v) is 7.34. The van der Waals surface area contributed by atoms with Crippen LogP contribution in [-0.4, -0.2) is 49.1 Å². The molecule has 7 heteroatoms. The lowest BCUT2D eigenvalue weighted by Crippen LogP contribution is -2.31. The first-order chi connectivity index (χ1) is 9.63. The predicted molar refractivity (Wildman–Crippen MR) is 83.3 cm³/mol. The highest BCUT2D eigenvalue weighted by Gasteiger charge is 2.20. The number of carbonyl (C=O) groups is 1. The Morgan fingerprint density at radius 2 is 2.40 bits per heavy atom. The molecule has 3 N–H and O–H groups in total. The molecule has 0 saturated heterocycles. The summed E-state index contributed by atoms with van der Waals surface area (Å²) in [5.74, 6) is 0.173. The number of hydrogen-bond donors (Lipinski definition) is 2. The number of ether oxygens (including phenoxy) is 1. The summed E-state index contributed by atoms with van der Waals surface area (Å²) in [4.78, 5) is 18.8. The minimum atomic E-state index is -0.0958. The van der Waals surface area contributed by atoms with Crippen LogP contribution < -0.4 is 11.1 Å². The monoisotopic (exact) mass is 298 g/mol. The maximum absolute atomic E-state index is 12.4. The van der Waals surface area contributed by atoms with Gasteiger partial charge in [0.05, 0.1) is 6.61 Å². The highest BCUT2D eigenvalue weighted by molar-refractivity contribution is 7.18. The molecule has 1 rings (SSSR count). The molecule has 0 radical (unpaired) electrons. The van der Waals surface area contributed by atoms with Crippen molar-refractivity contribution in [3.63, 3.8) is 0 Å². The first-order valence-electron chi connectivity index (χ1n) is 6.53. The van der Waals surface area contributed by atoms with E-state index in [0.29, 0.717) is 36.2 Å². The Hall–Kier alpha value is -1.60. The van der Waals surface area contributed by atoms with E-state index in [1.54, 1.807) is 18.1 Å². The van der Waals surface area contributed by atoms with E-state index in [-0.39, 0.29) is 11.7 Å². The van der Waals surface area contributed by atoms with Crippen LogP contribution in [0, 0.1) is 0 Å². The number of nitrogen functional groups attached to an aromatic ring is 1.